The predicted molar refractivity (Wildman–Crippen MR) is 119 cm³/mol. The van der Waals surface area contributed by atoms with Gasteiger partial charge >= 0.3 is 0 Å². The van der Waals surface area contributed by atoms with E-state index in [1.165, 1.54) is 6.92 Å². The van der Waals surface area contributed by atoms with Crippen molar-refractivity contribution >= 4 is 46.4 Å². The summed E-state index contributed by atoms with van der Waals surface area (Å²) in [5, 5.41) is 8.50. The number of benzene rings is 3. The summed E-state index contributed by atoms with van der Waals surface area (Å²) < 4.78 is 0. The van der Waals surface area contributed by atoms with Gasteiger partial charge in [0, 0.05) is 29.4 Å². The minimum absolute atomic E-state index is 0.215. The van der Waals surface area contributed by atoms with Crippen LogP contribution in [0.25, 0.3) is 0 Å². The average Bonchev–Trinajstić information content (AvgIpc) is 2.71. The highest BCUT2D eigenvalue weighted by Crippen LogP contribution is 2.26. The summed E-state index contributed by atoms with van der Waals surface area (Å²) >= 11 is 6.21. The van der Waals surface area contributed by atoms with Crippen LogP contribution in [0.2, 0.25) is 5.02 Å². The van der Waals surface area contributed by atoms with Crippen molar-refractivity contribution in [3.05, 3.63) is 88.4 Å². The van der Waals surface area contributed by atoms with E-state index in [1.54, 1.807) is 60.7 Å². The number of nitrogens with one attached hydrogen (secondary N) is 3. The van der Waals surface area contributed by atoms with Crippen LogP contribution in [0, 0.1) is 6.92 Å². The molecule has 0 fully saturated rings. The van der Waals surface area contributed by atoms with Gasteiger partial charge in [0.2, 0.25) is 5.91 Å². The Morgan fingerprint density at radius 2 is 1.40 bits per heavy atom. The Morgan fingerprint density at radius 1 is 0.733 bits per heavy atom. The molecule has 7 heteroatoms. The SMILES string of the molecule is CC(=O)Nc1ccc(NC(=O)c2ccc(C)c(NC(=O)c3ccccc3)c2)c(Cl)c1. The van der Waals surface area contributed by atoms with Crippen LogP contribution >= 0.6 is 11.6 Å². The predicted octanol–water partition coefficient (Wildman–Crippen LogP) is 5.11. The summed E-state index contributed by atoms with van der Waals surface area (Å²) in [6.45, 7) is 3.25. The minimum Gasteiger partial charge on any atom is -0.326 e. The number of amides is 3. The fourth-order valence-corrected chi connectivity index (χ4v) is 3.00. The molecule has 0 aromatic heterocycles. The summed E-state index contributed by atoms with van der Waals surface area (Å²) in [7, 11) is 0. The Labute approximate surface area is 179 Å². The molecule has 0 aliphatic rings. The molecule has 3 N–H and O–H groups in total. The summed E-state index contributed by atoms with van der Waals surface area (Å²) in [4.78, 5) is 36.3. The Balaban J connectivity index is 1.76. The van der Waals surface area contributed by atoms with Gasteiger partial charge in [-0.1, -0.05) is 35.9 Å². The molecule has 0 heterocycles. The molecule has 3 amide bonds. The van der Waals surface area contributed by atoms with Crippen LogP contribution in [0.15, 0.2) is 66.7 Å². The molecule has 3 aromatic rings. The van der Waals surface area contributed by atoms with Crippen LogP contribution in [0.3, 0.4) is 0 Å². The van der Waals surface area contributed by atoms with E-state index in [9.17, 15) is 14.4 Å². The Hall–Kier alpha value is -3.64. The third-order valence-corrected chi connectivity index (χ3v) is 4.63. The van der Waals surface area contributed by atoms with Gasteiger partial charge < -0.3 is 16.0 Å². The van der Waals surface area contributed by atoms with Gasteiger partial charge in [-0.15, -0.1) is 0 Å². The topological polar surface area (TPSA) is 87.3 Å². The number of hydrogen-bond donors (Lipinski definition) is 3. The first kappa shape index (κ1) is 21.1. The Kier molecular flexibility index (Phi) is 6.49. The van der Waals surface area contributed by atoms with Gasteiger partial charge in [0.25, 0.3) is 11.8 Å². The third-order valence-electron chi connectivity index (χ3n) is 4.32. The standard InChI is InChI=1S/C23H20ClN3O3/c1-14-8-9-17(12-21(14)27-22(29)16-6-4-3-5-7-16)23(30)26-20-11-10-18(13-19(20)24)25-15(2)28/h3-13H,1-2H3,(H,25,28)(H,26,30)(H,27,29). The van der Waals surface area contributed by atoms with Crippen molar-refractivity contribution in [3.63, 3.8) is 0 Å². The van der Waals surface area contributed by atoms with E-state index in [1.807, 2.05) is 13.0 Å². The zero-order chi connectivity index (χ0) is 21.7. The van der Waals surface area contributed by atoms with Gasteiger partial charge in [-0.3, -0.25) is 14.4 Å². The van der Waals surface area contributed by atoms with Gasteiger partial charge in [0.1, 0.15) is 0 Å². The molecule has 0 radical (unpaired) electrons. The van der Waals surface area contributed by atoms with Crippen LogP contribution < -0.4 is 16.0 Å². The second kappa shape index (κ2) is 9.24. The fourth-order valence-electron chi connectivity index (χ4n) is 2.77. The van der Waals surface area contributed by atoms with Gasteiger partial charge in [-0.05, 0) is 55.0 Å². The van der Waals surface area contributed by atoms with Gasteiger partial charge in [0.05, 0.1) is 10.7 Å². The van der Waals surface area contributed by atoms with Crippen molar-refractivity contribution < 1.29 is 14.4 Å². The van der Waals surface area contributed by atoms with Crippen LogP contribution in [0.4, 0.5) is 17.1 Å². The Morgan fingerprint density at radius 3 is 2.07 bits per heavy atom. The number of aryl methyl sites for hydroxylation is 1. The first-order chi connectivity index (χ1) is 14.3. The normalized spacial score (nSPS) is 10.2. The maximum absolute atomic E-state index is 12.7. The van der Waals surface area contributed by atoms with Crippen molar-refractivity contribution in [1.29, 1.82) is 0 Å². The lowest BCUT2D eigenvalue weighted by Crippen LogP contribution is -2.15. The monoisotopic (exact) mass is 421 g/mol. The molecule has 0 saturated heterocycles. The van der Waals surface area contributed by atoms with Gasteiger partial charge in [-0.25, -0.2) is 0 Å². The molecule has 0 bridgehead atoms. The van der Waals surface area contributed by atoms with Crippen LogP contribution in [0.1, 0.15) is 33.2 Å². The molecule has 3 rings (SSSR count). The van der Waals surface area contributed by atoms with Crippen molar-refractivity contribution in [3.8, 4) is 0 Å². The van der Waals surface area contributed by atoms with E-state index in [4.69, 9.17) is 11.6 Å². The summed E-state index contributed by atoms with van der Waals surface area (Å²) in [6, 6.07) is 18.7. The number of anilines is 3. The van der Waals surface area contributed by atoms with Crippen molar-refractivity contribution in [1.82, 2.24) is 0 Å². The van der Waals surface area contributed by atoms with E-state index in [2.05, 4.69) is 16.0 Å². The molecular formula is C23H20ClN3O3. The lowest BCUT2D eigenvalue weighted by molar-refractivity contribution is -0.114. The van der Waals surface area contributed by atoms with Crippen LogP contribution in [-0.4, -0.2) is 17.7 Å². The van der Waals surface area contributed by atoms with E-state index in [0.717, 1.165) is 5.56 Å². The number of halogens is 1. The third kappa shape index (κ3) is 5.24. The smallest absolute Gasteiger partial charge is 0.255 e. The summed E-state index contributed by atoms with van der Waals surface area (Å²) in [6.07, 6.45) is 0. The highest BCUT2D eigenvalue weighted by atomic mass is 35.5. The second-order valence-corrected chi connectivity index (χ2v) is 7.09. The highest BCUT2D eigenvalue weighted by Gasteiger charge is 2.13. The maximum atomic E-state index is 12.7. The number of carbonyl (C=O) groups excluding carboxylic acids is 3. The van der Waals surface area contributed by atoms with Crippen molar-refractivity contribution in [2.75, 3.05) is 16.0 Å². The number of rotatable bonds is 5. The number of hydrogen-bond acceptors (Lipinski definition) is 3. The van der Waals surface area contributed by atoms with Gasteiger partial charge in [-0.2, -0.15) is 0 Å². The molecule has 0 aliphatic carbocycles. The van der Waals surface area contributed by atoms with E-state index >= 15 is 0 Å². The lowest BCUT2D eigenvalue weighted by Gasteiger charge is -2.12. The average molecular weight is 422 g/mol. The maximum Gasteiger partial charge on any atom is 0.255 e. The lowest BCUT2D eigenvalue weighted by atomic mass is 10.1. The summed E-state index contributed by atoms with van der Waals surface area (Å²) in [5.74, 6) is -0.847. The quantitative estimate of drug-likeness (QED) is 0.534. The highest BCUT2D eigenvalue weighted by molar-refractivity contribution is 6.34. The molecule has 0 spiro atoms. The first-order valence-corrected chi connectivity index (χ1v) is 9.57. The number of carbonyl (C=O) groups is 3. The van der Waals surface area contributed by atoms with Gasteiger partial charge in [0.15, 0.2) is 0 Å². The molecule has 30 heavy (non-hydrogen) atoms. The van der Waals surface area contributed by atoms with E-state index in [-0.39, 0.29) is 17.7 Å². The van der Waals surface area contributed by atoms with E-state index < -0.39 is 0 Å². The molecule has 0 saturated carbocycles. The van der Waals surface area contributed by atoms with E-state index in [0.29, 0.717) is 33.2 Å². The molecule has 0 unspecified atom stereocenters. The minimum atomic E-state index is -0.376. The van der Waals surface area contributed by atoms with Crippen molar-refractivity contribution in [2.45, 2.75) is 13.8 Å². The Bertz CT molecular complexity index is 1110. The zero-order valence-corrected chi connectivity index (χ0v) is 17.2. The first-order valence-electron chi connectivity index (χ1n) is 9.19. The zero-order valence-electron chi connectivity index (χ0n) is 16.5. The molecule has 0 atom stereocenters. The largest absolute Gasteiger partial charge is 0.326 e. The van der Waals surface area contributed by atoms with Crippen LogP contribution in [-0.2, 0) is 4.79 Å². The molecule has 152 valence electrons. The summed E-state index contributed by atoms with van der Waals surface area (Å²) in [5.41, 5.74) is 3.21. The van der Waals surface area contributed by atoms with Crippen molar-refractivity contribution in [2.24, 2.45) is 0 Å². The molecular weight excluding hydrogens is 402 g/mol. The fraction of sp³-hybridized carbons (Fsp3) is 0.0870. The second-order valence-electron chi connectivity index (χ2n) is 6.68. The molecule has 0 aliphatic heterocycles. The van der Waals surface area contributed by atoms with Crippen LogP contribution in [0.5, 0.6) is 0 Å². The molecule has 3 aromatic carbocycles. The molecule has 6 nitrogen and oxygen atoms in total.